The van der Waals surface area contributed by atoms with Gasteiger partial charge in [-0.1, -0.05) is 0 Å². The van der Waals surface area contributed by atoms with E-state index in [-0.39, 0.29) is 31.4 Å². The molecule has 7 heteroatoms. The van der Waals surface area contributed by atoms with Gasteiger partial charge in [0.25, 0.3) is 0 Å². The Bertz CT molecular complexity index is 643. The maximum atomic E-state index is 13.2. The molecule has 0 aliphatic rings. The SMILES string of the molecule is COc1ccnc(-c2[c-]cc(F)c(C(F)(F)F)c2)c1C.[Ir]. The van der Waals surface area contributed by atoms with Crippen molar-refractivity contribution in [2.75, 3.05) is 7.11 Å². The van der Waals surface area contributed by atoms with E-state index < -0.39 is 17.6 Å². The van der Waals surface area contributed by atoms with Crippen LogP contribution in [0, 0.1) is 18.8 Å². The topological polar surface area (TPSA) is 22.1 Å². The molecule has 2 nitrogen and oxygen atoms in total. The molecule has 0 saturated carbocycles. The molecule has 1 radical (unpaired) electrons. The number of benzene rings is 1. The number of rotatable bonds is 2. The summed E-state index contributed by atoms with van der Waals surface area (Å²) < 4.78 is 56.4. The Morgan fingerprint density at radius 1 is 1.29 bits per heavy atom. The van der Waals surface area contributed by atoms with E-state index in [0.29, 0.717) is 23.4 Å². The van der Waals surface area contributed by atoms with Gasteiger partial charge in [0.2, 0.25) is 0 Å². The normalized spacial score (nSPS) is 11.0. The molecule has 0 aliphatic heterocycles. The van der Waals surface area contributed by atoms with Crippen molar-refractivity contribution in [3.8, 4) is 17.0 Å². The van der Waals surface area contributed by atoms with Gasteiger partial charge in [-0.15, -0.1) is 23.8 Å². The molecule has 0 atom stereocenters. The number of pyridine rings is 1. The third-order valence-corrected chi connectivity index (χ3v) is 2.84. The second-order valence-corrected chi connectivity index (χ2v) is 4.09. The molecule has 0 fully saturated rings. The van der Waals surface area contributed by atoms with Crippen LogP contribution in [0.5, 0.6) is 5.75 Å². The van der Waals surface area contributed by atoms with Crippen molar-refractivity contribution in [2.45, 2.75) is 13.1 Å². The van der Waals surface area contributed by atoms with Crippen LogP contribution in [0.3, 0.4) is 0 Å². The Morgan fingerprint density at radius 3 is 2.52 bits per heavy atom. The van der Waals surface area contributed by atoms with Gasteiger partial charge < -0.3 is 9.72 Å². The summed E-state index contributed by atoms with van der Waals surface area (Å²) in [6.07, 6.45) is -3.35. The van der Waals surface area contributed by atoms with Crippen LogP contribution in [-0.4, -0.2) is 12.1 Å². The fourth-order valence-electron chi connectivity index (χ4n) is 1.84. The van der Waals surface area contributed by atoms with Crippen molar-refractivity contribution in [3.63, 3.8) is 0 Å². The van der Waals surface area contributed by atoms with Crippen LogP contribution < -0.4 is 4.74 Å². The molecule has 2 aromatic rings. The standard InChI is InChI=1S/C14H10F4NO.Ir/c1-8-12(20-2)5-6-19-13(8)9-3-4-11(15)10(7-9)14(16,17)18;/h4-7H,1-2H3;/q-1;. The van der Waals surface area contributed by atoms with E-state index in [0.717, 1.165) is 0 Å². The van der Waals surface area contributed by atoms with Gasteiger partial charge in [-0.3, -0.25) is 4.39 Å². The zero-order chi connectivity index (χ0) is 14.9. The Balaban J connectivity index is 0.00000220. The average Bonchev–Trinajstić information content (AvgIpc) is 2.38. The van der Waals surface area contributed by atoms with Crippen LogP contribution in [0.2, 0.25) is 0 Å². The van der Waals surface area contributed by atoms with E-state index in [1.165, 1.54) is 13.3 Å². The summed E-state index contributed by atoms with van der Waals surface area (Å²) in [5.41, 5.74) is -0.439. The van der Waals surface area contributed by atoms with Crippen molar-refractivity contribution in [1.29, 1.82) is 0 Å². The van der Waals surface area contributed by atoms with E-state index in [4.69, 9.17) is 4.74 Å². The average molecular weight is 476 g/mol. The first kappa shape index (κ1) is 17.6. The Kier molecular flexibility index (Phi) is 5.47. The molecule has 0 saturated heterocycles. The van der Waals surface area contributed by atoms with E-state index in [2.05, 4.69) is 11.1 Å². The van der Waals surface area contributed by atoms with Gasteiger partial charge in [-0.05, 0) is 24.2 Å². The molecule has 0 unspecified atom stereocenters. The molecule has 1 aromatic heterocycles. The second kappa shape index (κ2) is 6.54. The molecular weight excluding hydrogens is 466 g/mol. The molecule has 0 bridgehead atoms. The minimum absolute atomic E-state index is 0. The van der Waals surface area contributed by atoms with Crippen LogP contribution in [0.25, 0.3) is 11.3 Å². The van der Waals surface area contributed by atoms with E-state index in [1.54, 1.807) is 13.0 Å². The minimum Gasteiger partial charge on any atom is -0.497 e. The summed E-state index contributed by atoms with van der Waals surface area (Å²) in [5, 5.41) is 0. The molecule has 0 amide bonds. The number of methoxy groups -OCH3 is 1. The van der Waals surface area contributed by atoms with Crippen LogP contribution in [-0.2, 0) is 26.3 Å². The van der Waals surface area contributed by atoms with Gasteiger partial charge in [-0.2, -0.15) is 13.2 Å². The number of halogens is 4. The first-order valence-corrected chi connectivity index (χ1v) is 5.63. The van der Waals surface area contributed by atoms with Crippen molar-refractivity contribution in [2.24, 2.45) is 0 Å². The number of hydrogen-bond donors (Lipinski definition) is 0. The fraction of sp³-hybridized carbons (Fsp3) is 0.214. The molecule has 115 valence electrons. The van der Waals surface area contributed by atoms with Gasteiger partial charge in [0.05, 0.1) is 7.11 Å². The maximum absolute atomic E-state index is 13.2. The Morgan fingerprint density at radius 2 is 1.95 bits per heavy atom. The van der Waals surface area contributed by atoms with Crippen LogP contribution >= 0.6 is 0 Å². The van der Waals surface area contributed by atoms with Gasteiger partial charge in [0.15, 0.2) is 0 Å². The Hall–Kier alpha value is -1.46. The predicted octanol–water partition coefficient (Wildman–Crippen LogP) is 4.02. The number of nitrogens with zero attached hydrogens (tertiary/aromatic N) is 1. The summed E-state index contributed by atoms with van der Waals surface area (Å²) in [5.74, 6) is -0.872. The first-order valence-electron chi connectivity index (χ1n) is 5.63. The van der Waals surface area contributed by atoms with Gasteiger partial charge in [-0.25, -0.2) is 0 Å². The molecule has 1 heterocycles. The fourth-order valence-corrected chi connectivity index (χ4v) is 1.84. The number of aromatic nitrogens is 1. The van der Waals surface area contributed by atoms with Crippen molar-refractivity contribution >= 4 is 0 Å². The Labute approximate surface area is 132 Å². The van der Waals surface area contributed by atoms with Crippen molar-refractivity contribution in [1.82, 2.24) is 4.98 Å². The molecule has 1 aromatic carbocycles. The van der Waals surface area contributed by atoms with Gasteiger partial charge in [0.1, 0.15) is 5.75 Å². The molecule has 0 spiro atoms. The van der Waals surface area contributed by atoms with E-state index >= 15 is 0 Å². The largest absolute Gasteiger partial charge is 0.497 e. The van der Waals surface area contributed by atoms with Crippen LogP contribution in [0.1, 0.15) is 11.1 Å². The van der Waals surface area contributed by atoms with Crippen LogP contribution in [0.15, 0.2) is 24.4 Å². The van der Waals surface area contributed by atoms with Gasteiger partial charge >= 0.3 is 6.18 Å². The third-order valence-electron chi connectivity index (χ3n) is 2.84. The molecule has 2 rings (SSSR count). The summed E-state index contributed by atoms with van der Waals surface area (Å²) >= 11 is 0. The summed E-state index contributed by atoms with van der Waals surface area (Å²) in [6, 6.07) is 5.42. The van der Waals surface area contributed by atoms with Crippen molar-refractivity contribution in [3.05, 3.63) is 47.4 Å². The van der Waals surface area contributed by atoms with Gasteiger partial charge in [0, 0.05) is 37.7 Å². The monoisotopic (exact) mass is 477 g/mol. The second-order valence-electron chi connectivity index (χ2n) is 4.09. The summed E-state index contributed by atoms with van der Waals surface area (Å²) in [4.78, 5) is 4.01. The number of hydrogen-bond acceptors (Lipinski definition) is 2. The molecule has 0 aliphatic carbocycles. The predicted molar refractivity (Wildman–Crippen MR) is 64.8 cm³/mol. The van der Waals surface area contributed by atoms with Crippen molar-refractivity contribution < 1.29 is 42.4 Å². The molecule has 0 N–H and O–H groups in total. The molecular formula is C14H10F4IrNO-. The first-order chi connectivity index (χ1) is 9.34. The summed E-state index contributed by atoms with van der Waals surface area (Å²) in [6.45, 7) is 1.66. The minimum atomic E-state index is -4.76. The summed E-state index contributed by atoms with van der Waals surface area (Å²) in [7, 11) is 1.45. The molecule has 21 heavy (non-hydrogen) atoms. The zero-order valence-electron chi connectivity index (χ0n) is 11.0. The third kappa shape index (κ3) is 3.60. The maximum Gasteiger partial charge on any atom is 0.402 e. The number of ether oxygens (including phenoxy) is 1. The quantitative estimate of drug-likeness (QED) is 0.483. The number of alkyl halides is 3. The zero-order valence-corrected chi connectivity index (χ0v) is 13.4. The van der Waals surface area contributed by atoms with Crippen LogP contribution in [0.4, 0.5) is 17.6 Å². The van der Waals surface area contributed by atoms with E-state index in [9.17, 15) is 17.6 Å². The van der Waals surface area contributed by atoms with E-state index in [1.807, 2.05) is 0 Å². The smallest absolute Gasteiger partial charge is 0.402 e.